The highest BCUT2D eigenvalue weighted by molar-refractivity contribution is 7.90. The first-order valence-corrected chi connectivity index (χ1v) is 13.0. The van der Waals surface area contributed by atoms with Crippen LogP contribution in [-0.4, -0.2) is 56.0 Å². The van der Waals surface area contributed by atoms with Crippen LogP contribution in [0.1, 0.15) is 29.8 Å². The van der Waals surface area contributed by atoms with Crippen LogP contribution in [0.15, 0.2) is 29.3 Å². The Morgan fingerprint density at radius 3 is 2.39 bits per heavy atom. The van der Waals surface area contributed by atoms with Gasteiger partial charge >= 0.3 is 0 Å². The monoisotopic (exact) mass is 506 g/mol. The zero-order chi connectivity index (χ0) is 24.1. The van der Waals surface area contributed by atoms with Crippen molar-refractivity contribution >= 4 is 31.6 Å². The van der Waals surface area contributed by atoms with Gasteiger partial charge in [0.2, 0.25) is 20.0 Å². The molecule has 2 N–H and O–H groups in total. The van der Waals surface area contributed by atoms with Crippen LogP contribution in [0.5, 0.6) is 0 Å². The summed E-state index contributed by atoms with van der Waals surface area (Å²) in [5.74, 6) is -4.74. The maximum absolute atomic E-state index is 15.0. The fourth-order valence-corrected chi connectivity index (χ4v) is 6.98. The average molecular weight is 507 g/mol. The summed E-state index contributed by atoms with van der Waals surface area (Å²) in [4.78, 5) is 11.7. The van der Waals surface area contributed by atoms with Crippen molar-refractivity contribution in [3.8, 4) is 0 Å². The highest BCUT2D eigenvalue weighted by Gasteiger charge is 2.43. The van der Waals surface area contributed by atoms with Crippen LogP contribution >= 0.6 is 0 Å². The number of carbonyl (C=O) groups is 1. The molecule has 1 atom stereocenters. The van der Waals surface area contributed by atoms with Crippen LogP contribution in [0.3, 0.4) is 0 Å². The molecule has 4 rings (SSSR count). The van der Waals surface area contributed by atoms with Gasteiger partial charge in [-0.25, -0.2) is 39.0 Å². The van der Waals surface area contributed by atoms with E-state index in [9.17, 15) is 34.8 Å². The molecule has 1 saturated heterocycles. The molecule has 0 spiro atoms. The summed E-state index contributed by atoms with van der Waals surface area (Å²) in [7, 11) is -6.63. The number of nitrogens with zero attached hydrogens (tertiary/aromatic N) is 2. The smallest absolute Gasteiger partial charge is 0.275 e. The van der Waals surface area contributed by atoms with E-state index in [1.54, 1.807) is 0 Å². The van der Waals surface area contributed by atoms with E-state index in [2.05, 4.69) is 10.0 Å². The van der Waals surface area contributed by atoms with E-state index < -0.39 is 65.3 Å². The summed E-state index contributed by atoms with van der Waals surface area (Å²) in [6.45, 7) is 0.0984. The number of amides is 1. The lowest BCUT2D eigenvalue weighted by Gasteiger charge is -2.16. The Morgan fingerprint density at radius 2 is 1.76 bits per heavy atom. The van der Waals surface area contributed by atoms with Gasteiger partial charge in [-0.3, -0.25) is 4.79 Å². The second-order valence-electron chi connectivity index (χ2n) is 8.06. The summed E-state index contributed by atoms with van der Waals surface area (Å²) in [6, 6.07) is 1.80. The SMILES string of the molecule is Cn1cc(S(=O)(=O)N[C@@H]2CCN(S(=O)(=O)C3CC3)C2)c(F)c1C(=O)Nc1ccc(F)c(F)c1. The molecule has 9 nitrogen and oxygen atoms in total. The van der Waals surface area contributed by atoms with E-state index >= 15 is 0 Å². The topological polar surface area (TPSA) is 118 Å². The Kier molecular flexibility index (Phi) is 6.05. The van der Waals surface area contributed by atoms with E-state index in [1.165, 1.54) is 11.4 Å². The number of aryl methyl sites for hydroxylation is 1. The van der Waals surface area contributed by atoms with E-state index in [4.69, 9.17) is 0 Å². The van der Waals surface area contributed by atoms with Gasteiger partial charge in [0, 0.05) is 44.1 Å². The summed E-state index contributed by atoms with van der Waals surface area (Å²) in [5.41, 5.74) is -0.783. The molecule has 2 fully saturated rings. The first-order chi connectivity index (χ1) is 15.4. The van der Waals surface area contributed by atoms with Crippen molar-refractivity contribution < 1.29 is 34.8 Å². The van der Waals surface area contributed by atoms with Gasteiger partial charge in [0.1, 0.15) is 10.6 Å². The lowest BCUT2D eigenvalue weighted by atomic mass is 10.3. The van der Waals surface area contributed by atoms with Crippen molar-refractivity contribution in [2.24, 2.45) is 7.05 Å². The third-order valence-corrected chi connectivity index (χ3v) is 9.42. The van der Waals surface area contributed by atoms with Gasteiger partial charge < -0.3 is 9.88 Å². The van der Waals surface area contributed by atoms with Gasteiger partial charge in [0.05, 0.1) is 5.25 Å². The second-order valence-corrected chi connectivity index (χ2v) is 12.0. The van der Waals surface area contributed by atoms with Crippen LogP contribution in [0.25, 0.3) is 0 Å². The summed E-state index contributed by atoms with van der Waals surface area (Å²) in [6.07, 6.45) is 2.30. The molecule has 2 aliphatic rings. The Bertz CT molecular complexity index is 1320. The predicted molar refractivity (Wildman–Crippen MR) is 112 cm³/mol. The number of aromatic nitrogens is 1. The van der Waals surface area contributed by atoms with Crippen LogP contribution in [0.2, 0.25) is 0 Å². The van der Waals surface area contributed by atoms with Crippen molar-refractivity contribution in [2.75, 3.05) is 18.4 Å². The summed E-state index contributed by atoms with van der Waals surface area (Å²) < 4.78 is 96.2. The molecule has 1 saturated carbocycles. The zero-order valence-electron chi connectivity index (χ0n) is 17.4. The van der Waals surface area contributed by atoms with Crippen molar-refractivity contribution in [3.63, 3.8) is 0 Å². The molecule has 180 valence electrons. The predicted octanol–water partition coefficient (Wildman–Crippen LogP) is 1.54. The fourth-order valence-electron chi connectivity index (χ4n) is 3.70. The number of carbonyl (C=O) groups excluding carboxylic acids is 1. The Labute approximate surface area is 188 Å². The molecule has 33 heavy (non-hydrogen) atoms. The highest BCUT2D eigenvalue weighted by Crippen LogP contribution is 2.33. The number of nitrogens with one attached hydrogen (secondary N) is 2. The van der Waals surface area contributed by atoms with Gasteiger partial charge in [-0.05, 0) is 31.4 Å². The fraction of sp³-hybridized carbons (Fsp3) is 0.421. The van der Waals surface area contributed by atoms with Crippen molar-refractivity contribution in [2.45, 2.75) is 35.4 Å². The van der Waals surface area contributed by atoms with Crippen LogP contribution in [0, 0.1) is 17.5 Å². The van der Waals surface area contributed by atoms with E-state index in [-0.39, 0.29) is 25.2 Å². The van der Waals surface area contributed by atoms with Crippen molar-refractivity contribution in [1.29, 1.82) is 0 Å². The average Bonchev–Trinajstić information content (AvgIpc) is 3.41. The first-order valence-electron chi connectivity index (χ1n) is 10.0. The van der Waals surface area contributed by atoms with E-state index in [1.807, 2.05) is 0 Å². The molecule has 14 heteroatoms. The second kappa shape index (κ2) is 8.42. The van der Waals surface area contributed by atoms with E-state index in [0.29, 0.717) is 18.9 Å². The van der Waals surface area contributed by atoms with Gasteiger partial charge in [0.25, 0.3) is 5.91 Å². The lowest BCUT2D eigenvalue weighted by Crippen LogP contribution is -2.39. The van der Waals surface area contributed by atoms with Gasteiger partial charge in [-0.15, -0.1) is 0 Å². The minimum atomic E-state index is -4.43. The molecule has 0 unspecified atom stereocenters. The standard InChI is InChI=1S/C19H21F3N4O5S2/c1-25-10-16(17(22)18(25)19(27)23-11-2-5-14(20)15(21)8-11)32(28,29)24-12-6-7-26(9-12)33(30,31)13-3-4-13/h2,5,8,10,12-13,24H,3-4,6-7,9H2,1H3,(H,23,27)/t12-/m1/s1. The van der Waals surface area contributed by atoms with Crippen LogP contribution in [-0.2, 0) is 27.1 Å². The molecular formula is C19H21F3N4O5S2. The molecule has 1 aliphatic heterocycles. The molecule has 1 aliphatic carbocycles. The molecule has 0 radical (unpaired) electrons. The summed E-state index contributed by atoms with van der Waals surface area (Å²) in [5, 5.41) is 1.77. The zero-order valence-corrected chi connectivity index (χ0v) is 19.0. The quantitative estimate of drug-likeness (QED) is 0.591. The normalized spacial score (nSPS) is 19.7. The maximum atomic E-state index is 15.0. The molecule has 2 heterocycles. The molecule has 1 aromatic heterocycles. The van der Waals surface area contributed by atoms with Crippen molar-refractivity contribution in [3.05, 3.63) is 47.5 Å². The van der Waals surface area contributed by atoms with Gasteiger partial charge in [-0.1, -0.05) is 0 Å². The number of halogens is 3. The third kappa shape index (κ3) is 4.65. The highest BCUT2D eigenvalue weighted by atomic mass is 32.2. The molecule has 0 bridgehead atoms. The summed E-state index contributed by atoms with van der Waals surface area (Å²) >= 11 is 0. The number of benzene rings is 1. The number of rotatable bonds is 7. The molecular weight excluding hydrogens is 485 g/mol. The third-order valence-electron chi connectivity index (χ3n) is 5.55. The Hall–Kier alpha value is -2.42. The Morgan fingerprint density at radius 1 is 1.06 bits per heavy atom. The maximum Gasteiger partial charge on any atom is 0.275 e. The number of hydrogen-bond acceptors (Lipinski definition) is 5. The Balaban J connectivity index is 1.50. The number of sulfonamides is 2. The van der Waals surface area contributed by atoms with Crippen LogP contribution < -0.4 is 10.0 Å². The molecule has 2 aromatic rings. The number of hydrogen-bond donors (Lipinski definition) is 2. The minimum Gasteiger partial charge on any atom is -0.343 e. The van der Waals surface area contributed by atoms with E-state index in [0.717, 1.165) is 22.9 Å². The van der Waals surface area contributed by atoms with Crippen molar-refractivity contribution in [1.82, 2.24) is 13.6 Å². The lowest BCUT2D eigenvalue weighted by molar-refractivity contribution is 0.101. The molecule has 1 aromatic carbocycles. The van der Waals surface area contributed by atoms with Crippen LogP contribution in [0.4, 0.5) is 18.9 Å². The largest absolute Gasteiger partial charge is 0.343 e. The van der Waals surface area contributed by atoms with Gasteiger partial charge in [-0.2, -0.15) is 0 Å². The minimum absolute atomic E-state index is 0.0595. The van der Waals surface area contributed by atoms with Gasteiger partial charge in [0.15, 0.2) is 17.5 Å². The number of anilines is 1. The first kappa shape index (κ1) is 23.7. The molecule has 1 amide bonds.